The molecule has 0 bridgehead atoms. The van der Waals surface area contributed by atoms with Crippen LogP contribution in [-0.4, -0.2) is 38.2 Å². The summed E-state index contributed by atoms with van der Waals surface area (Å²) in [6, 6.07) is 8.07. The van der Waals surface area contributed by atoms with E-state index in [2.05, 4.69) is 20.3 Å². The van der Waals surface area contributed by atoms with Gasteiger partial charge in [-0.05, 0) is 59.7 Å². The number of nitrogens with zero attached hydrogens (tertiary/aromatic N) is 5. The molecule has 1 saturated heterocycles. The standard InChI is InChI=1S/C18H19F2N5S/c19-15-6-5-13(9-16(15)20)10-24-7-1-3-14(11-24)12-25-22-18(21-23-25)17-4-2-8-26-17/h2,4-6,8-9,14H,1,3,7,10-12H2/t14-/m1/s1. The molecule has 0 amide bonds. The van der Waals surface area contributed by atoms with Gasteiger partial charge in [-0.25, -0.2) is 8.78 Å². The smallest absolute Gasteiger partial charge is 0.214 e. The van der Waals surface area contributed by atoms with E-state index < -0.39 is 11.6 Å². The van der Waals surface area contributed by atoms with Gasteiger partial charge in [0.05, 0.1) is 11.4 Å². The van der Waals surface area contributed by atoms with Crippen LogP contribution in [0.3, 0.4) is 0 Å². The molecule has 1 aliphatic heterocycles. The van der Waals surface area contributed by atoms with Gasteiger partial charge in [0.2, 0.25) is 5.82 Å². The fraction of sp³-hybridized carbons (Fsp3) is 0.389. The lowest BCUT2D eigenvalue weighted by molar-refractivity contribution is 0.149. The molecule has 0 aliphatic carbocycles. The van der Waals surface area contributed by atoms with Crippen LogP contribution in [0.15, 0.2) is 35.7 Å². The lowest BCUT2D eigenvalue weighted by Crippen LogP contribution is -2.36. The molecule has 8 heteroatoms. The summed E-state index contributed by atoms with van der Waals surface area (Å²) in [5.41, 5.74) is 0.795. The zero-order chi connectivity index (χ0) is 17.9. The van der Waals surface area contributed by atoms with Crippen molar-refractivity contribution < 1.29 is 8.78 Å². The number of rotatable bonds is 5. The Bertz CT molecular complexity index is 864. The fourth-order valence-electron chi connectivity index (χ4n) is 3.40. The van der Waals surface area contributed by atoms with E-state index >= 15 is 0 Å². The Morgan fingerprint density at radius 3 is 2.92 bits per heavy atom. The molecule has 4 rings (SSSR count). The minimum Gasteiger partial charge on any atom is -0.299 e. The van der Waals surface area contributed by atoms with Crippen molar-refractivity contribution in [1.82, 2.24) is 25.1 Å². The molecule has 0 N–H and O–H groups in total. The highest BCUT2D eigenvalue weighted by molar-refractivity contribution is 7.13. The van der Waals surface area contributed by atoms with E-state index in [0.717, 1.165) is 36.4 Å². The molecule has 1 atom stereocenters. The van der Waals surface area contributed by atoms with Gasteiger partial charge in [0.15, 0.2) is 11.6 Å². The van der Waals surface area contributed by atoms with Crippen LogP contribution < -0.4 is 0 Å². The minimum atomic E-state index is -0.802. The lowest BCUT2D eigenvalue weighted by Gasteiger charge is -2.32. The van der Waals surface area contributed by atoms with Gasteiger partial charge in [-0.15, -0.1) is 21.5 Å². The average molecular weight is 375 g/mol. The number of piperidine rings is 1. The van der Waals surface area contributed by atoms with Crippen molar-refractivity contribution in [2.24, 2.45) is 5.92 Å². The molecule has 0 saturated carbocycles. The Kier molecular flexibility index (Phi) is 5.03. The summed E-state index contributed by atoms with van der Waals surface area (Å²) in [6.07, 6.45) is 2.17. The number of hydrogen-bond acceptors (Lipinski definition) is 5. The summed E-state index contributed by atoms with van der Waals surface area (Å²) in [5.74, 6) is -0.512. The van der Waals surface area contributed by atoms with Crippen molar-refractivity contribution in [3.8, 4) is 10.7 Å². The summed E-state index contributed by atoms with van der Waals surface area (Å²) < 4.78 is 26.5. The molecule has 136 valence electrons. The first-order chi connectivity index (χ1) is 12.7. The van der Waals surface area contributed by atoms with Crippen molar-refractivity contribution in [3.05, 3.63) is 52.9 Å². The van der Waals surface area contributed by atoms with E-state index in [-0.39, 0.29) is 0 Å². The van der Waals surface area contributed by atoms with E-state index in [9.17, 15) is 8.78 Å². The van der Waals surface area contributed by atoms with Crippen LogP contribution in [0.2, 0.25) is 0 Å². The number of hydrogen-bond donors (Lipinski definition) is 0. The van der Waals surface area contributed by atoms with E-state index in [1.165, 1.54) is 12.1 Å². The summed E-state index contributed by atoms with van der Waals surface area (Å²) >= 11 is 1.60. The van der Waals surface area contributed by atoms with Gasteiger partial charge in [0, 0.05) is 13.1 Å². The third-order valence-corrected chi connectivity index (χ3v) is 5.48. The zero-order valence-corrected chi connectivity index (χ0v) is 15.0. The Balaban J connectivity index is 1.37. The maximum Gasteiger partial charge on any atom is 0.214 e. The Hall–Kier alpha value is -2.19. The second-order valence-electron chi connectivity index (χ2n) is 6.64. The third-order valence-electron chi connectivity index (χ3n) is 4.61. The summed E-state index contributed by atoms with van der Waals surface area (Å²) in [7, 11) is 0. The number of likely N-dealkylation sites (tertiary alicyclic amines) is 1. The Morgan fingerprint density at radius 1 is 1.19 bits per heavy atom. The van der Waals surface area contributed by atoms with Crippen LogP contribution in [0.1, 0.15) is 18.4 Å². The quantitative estimate of drug-likeness (QED) is 0.684. The maximum absolute atomic E-state index is 13.4. The van der Waals surface area contributed by atoms with E-state index in [0.29, 0.717) is 24.8 Å². The van der Waals surface area contributed by atoms with Gasteiger partial charge in [0.1, 0.15) is 0 Å². The third kappa shape index (κ3) is 3.96. The first kappa shape index (κ1) is 17.2. The zero-order valence-electron chi connectivity index (χ0n) is 14.2. The second kappa shape index (κ2) is 7.59. The van der Waals surface area contributed by atoms with Gasteiger partial charge >= 0.3 is 0 Å². The lowest BCUT2D eigenvalue weighted by atomic mass is 9.97. The predicted molar refractivity (Wildman–Crippen MR) is 95.5 cm³/mol. The number of tetrazole rings is 1. The molecule has 0 radical (unpaired) electrons. The largest absolute Gasteiger partial charge is 0.299 e. The van der Waals surface area contributed by atoms with Crippen LogP contribution >= 0.6 is 11.3 Å². The molecule has 0 spiro atoms. The number of benzene rings is 1. The highest BCUT2D eigenvalue weighted by Crippen LogP contribution is 2.22. The molecule has 3 heterocycles. The van der Waals surface area contributed by atoms with E-state index in [4.69, 9.17) is 0 Å². The maximum atomic E-state index is 13.4. The van der Waals surface area contributed by atoms with Gasteiger partial charge in [-0.1, -0.05) is 12.1 Å². The predicted octanol–water partition coefficient (Wildman–Crippen LogP) is 3.59. The molecule has 2 aromatic heterocycles. The van der Waals surface area contributed by atoms with Gasteiger partial charge in [0.25, 0.3) is 0 Å². The first-order valence-corrected chi connectivity index (χ1v) is 9.53. The van der Waals surface area contributed by atoms with Gasteiger partial charge in [-0.2, -0.15) is 4.80 Å². The summed E-state index contributed by atoms with van der Waals surface area (Å²) in [4.78, 5) is 4.96. The molecule has 0 unspecified atom stereocenters. The molecule has 5 nitrogen and oxygen atoms in total. The highest BCUT2D eigenvalue weighted by atomic mass is 32.1. The van der Waals surface area contributed by atoms with Crippen LogP contribution in [0.25, 0.3) is 10.7 Å². The molecule has 26 heavy (non-hydrogen) atoms. The van der Waals surface area contributed by atoms with Gasteiger partial charge in [-0.3, -0.25) is 4.90 Å². The van der Waals surface area contributed by atoms with E-state index in [1.807, 2.05) is 17.5 Å². The van der Waals surface area contributed by atoms with Crippen LogP contribution in [-0.2, 0) is 13.1 Å². The number of thiophene rings is 1. The molecular formula is C18H19F2N5S. The topological polar surface area (TPSA) is 46.8 Å². The number of halogens is 2. The highest BCUT2D eigenvalue weighted by Gasteiger charge is 2.22. The second-order valence-corrected chi connectivity index (χ2v) is 7.58. The average Bonchev–Trinajstić information content (AvgIpc) is 3.30. The van der Waals surface area contributed by atoms with Crippen molar-refractivity contribution in [3.63, 3.8) is 0 Å². The molecule has 1 fully saturated rings. The SMILES string of the molecule is Fc1ccc(CN2CCC[C@@H](Cn3nnc(-c4cccs4)n3)C2)cc1F. The molecule has 1 aliphatic rings. The van der Waals surface area contributed by atoms with Crippen molar-refractivity contribution in [2.75, 3.05) is 13.1 Å². The normalized spacial score (nSPS) is 18.3. The molecular weight excluding hydrogens is 356 g/mol. The summed E-state index contributed by atoms with van der Waals surface area (Å²) in [6.45, 7) is 3.18. The van der Waals surface area contributed by atoms with E-state index in [1.54, 1.807) is 22.2 Å². The monoisotopic (exact) mass is 375 g/mol. The number of aromatic nitrogens is 4. The summed E-state index contributed by atoms with van der Waals surface area (Å²) in [5, 5.41) is 14.8. The van der Waals surface area contributed by atoms with Crippen LogP contribution in [0.4, 0.5) is 8.78 Å². The van der Waals surface area contributed by atoms with Crippen LogP contribution in [0.5, 0.6) is 0 Å². The minimum absolute atomic E-state index is 0.416. The molecule has 1 aromatic carbocycles. The fourth-order valence-corrected chi connectivity index (χ4v) is 4.04. The first-order valence-electron chi connectivity index (χ1n) is 8.65. The van der Waals surface area contributed by atoms with Crippen LogP contribution in [0, 0.1) is 17.6 Å². The molecule has 3 aromatic rings. The van der Waals surface area contributed by atoms with Gasteiger partial charge < -0.3 is 0 Å². The Labute approximate surface area is 154 Å². The van der Waals surface area contributed by atoms with Crippen molar-refractivity contribution in [2.45, 2.75) is 25.9 Å². The van der Waals surface area contributed by atoms with Crippen molar-refractivity contribution in [1.29, 1.82) is 0 Å². The Morgan fingerprint density at radius 2 is 2.12 bits per heavy atom. The van der Waals surface area contributed by atoms with Crippen molar-refractivity contribution >= 4 is 11.3 Å².